The molecule has 21 heavy (non-hydrogen) atoms. The predicted molar refractivity (Wildman–Crippen MR) is 80.0 cm³/mol. The van der Waals surface area contributed by atoms with E-state index >= 15 is 0 Å². The van der Waals surface area contributed by atoms with E-state index in [0.717, 1.165) is 43.4 Å². The average molecular weight is 316 g/mol. The van der Waals surface area contributed by atoms with Gasteiger partial charge in [0.1, 0.15) is 0 Å². The minimum atomic E-state index is -3.50. The van der Waals surface area contributed by atoms with E-state index in [4.69, 9.17) is 0 Å². The second-order valence-corrected chi connectivity index (χ2v) is 7.17. The molecule has 1 aromatic rings. The van der Waals surface area contributed by atoms with E-state index in [1.807, 2.05) is 6.92 Å². The highest BCUT2D eigenvalue weighted by Crippen LogP contribution is 2.19. The number of nitrogens with one attached hydrogen (secondary N) is 2. The minimum Gasteiger partial charge on any atom is -0.395 e. The summed E-state index contributed by atoms with van der Waals surface area (Å²) in [6, 6.07) is -0.285. The molecule has 120 valence electrons. The molecule has 1 aliphatic heterocycles. The van der Waals surface area contributed by atoms with Gasteiger partial charge in [-0.1, -0.05) is 6.42 Å². The van der Waals surface area contributed by atoms with Crippen LogP contribution in [0.15, 0.2) is 6.20 Å². The molecular weight excluding hydrogens is 292 g/mol. The smallest absolute Gasteiger partial charge is 0.279 e. The Morgan fingerprint density at radius 3 is 3.00 bits per heavy atom. The van der Waals surface area contributed by atoms with Crippen LogP contribution in [0.5, 0.6) is 0 Å². The summed E-state index contributed by atoms with van der Waals surface area (Å²) in [5.74, 6) is 0. The number of aliphatic hydroxyl groups is 1. The highest BCUT2D eigenvalue weighted by molar-refractivity contribution is 7.87. The van der Waals surface area contributed by atoms with E-state index in [2.05, 4.69) is 14.9 Å². The largest absolute Gasteiger partial charge is 0.395 e. The summed E-state index contributed by atoms with van der Waals surface area (Å²) in [6.07, 6.45) is 5.83. The van der Waals surface area contributed by atoms with Crippen LogP contribution in [-0.2, 0) is 16.6 Å². The third-order valence-corrected chi connectivity index (χ3v) is 5.60. The number of hydrogen-bond acceptors (Lipinski definition) is 4. The standard InChI is InChI=1S/C13H24N4O3S/c1-11-12(9-14-16-11)5-4-7-15-21(19,20)17-8-3-2-6-13(17)10-18/h9,13,15,18H,2-8,10H2,1H3,(H,14,16). The summed E-state index contributed by atoms with van der Waals surface area (Å²) < 4.78 is 28.6. The Kier molecular flexibility index (Phi) is 5.74. The van der Waals surface area contributed by atoms with Crippen LogP contribution in [0, 0.1) is 6.92 Å². The molecular formula is C13H24N4O3S. The maximum absolute atomic E-state index is 12.3. The molecule has 1 unspecified atom stereocenters. The summed E-state index contributed by atoms with van der Waals surface area (Å²) in [5, 5.41) is 16.1. The monoisotopic (exact) mass is 316 g/mol. The number of piperidine rings is 1. The average Bonchev–Trinajstić information content (AvgIpc) is 2.89. The Balaban J connectivity index is 1.82. The van der Waals surface area contributed by atoms with Crippen molar-refractivity contribution in [1.82, 2.24) is 19.2 Å². The quantitative estimate of drug-likeness (QED) is 0.631. The van der Waals surface area contributed by atoms with E-state index in [1.165, 1.54) is 4.31 Å². The molecule has 0 spiro atoms. The Morgan fingerprint density at radius 1 is 1.52 bits per heavy atom. The highest BCUT2D eigenvalue weighted by atomic mass is 32.2. The Labute approximate surface area is 125 Å². The molecule has 7 nitrogen and oxygen atoms in total. The second-order valence-electron chi connectivity index (χ2n) is 5.47. The third kappa shape index (κ3) is 4.26. The zero-order valence-electron chi connectivity index (χ0n) is 12.4. The van der Waals surface area contributed by atoms with Gasteiger partial charge in [-0.05, 0) is 38.2 Å². The first kappa shape index (κ1) is 16.4. The maximum atomic E-state index is 12.3. The first-order valence-electron chi connectivity index (χ1n) is 7.40. The molecule has 8 heteroatoms. The number of aromatic amines is 1. The van der Waals surface area contributed by atoms with Crippen LogP contribution < -0.4 is 4.72 Å². The molecule has 1 saturated heterocycles. The normalized spacial score (nSPS) is 20.8. The zero-order chi connectivity index (χ0) is 15.3. The predicted octanol–water partition coefficient (Wildman–Crippen LogP) is 0.332. The lowest BCUT2D eigenvalue weighted by atomic mass is 10.1. The number of hydrogen-bond donors (Lipinski definition) is 3. The number of rotatable bonds is 7. The SMILES string of the molecule is Cc1[nH]ncc1CCCNS(=O)(=O)N1CCCCC1CO. The molecule has 0 aromatic carbocycles. The fourth-order valence-electron chi connectivity index (χ4n) is 2.66. The van der Waals surface area contributed by atoms with Crippen molar-refractivity contribution >= 4 is 10.2 Å². The molecule has 2 rings (SSSR count). The van der Waals surface area contributed by atoms with Gasteiger partial charge in [0.2, 0.25) is 0 Å². The molecule has 0 aliphatic carbocycles. The lowest BCUT2D eigenvalue weighted by Gasteiger charge is -2.33. The lowest BCUT2D eigenvalue weighted by molar-refractivity contribution is 0.154. The van der Waals surface area contributed by atoms with Gasteiger partial charge >= 0.3 is 0 Å². The van der Waals surface area contributed by atoms with Crippen LogP contribution in [0.4, 0.5) is 0 Å². The fourth-order valence-corrected chi connectivity index (χ4v) is 4.17. The van der Waals surface area contributed by atoms with Crippen LogP contribution in [0.1, 0.15) is 36.9 Å². The minimum absolute atomic E-state index is 0.116. The van der Waals surface area contributed by atoms with Crippen molar-refractivity contribution < 1.29 is 13.5 Å². The number of aryl methyl sites for hydroxylation is 2. The Bertz CT molecular complexity index is 543. The topological polar surface area (TPSA) is 98.3 Å². The number of H-pyrrole nitrogens is 1. The molecule has 1 aromatic heterocycles. The van der Waals surface area contributed by atoms with E-state index in [9.17, 15) is 13.5 Å². The summed E-state index contributed by atoms with van der Waals surface area (Å²) in [6.45, 7) is 2.71. The Hall–Kier alpha value is -0.960. The van der Waals surface area contributed by atoms with Gasteiger partial charge in [0.05, 0.1) is 12.8 Å². The van der Waals surface area contributed by atoms with Crippen molar-refractivity contribution in [3.63, 3.8) is 0 Å². The summed E-state index contributed by atoms with van der Waals surface area (Å²) >= 11 is 0. The van der Waals surface area contributed by atoms with E-state index in [1.54, 1.807) is 6.20 Å². The van der Waals surface area contributed by atoms with Gasteiger partial charge in [-0.3, -0.25) is 5.10 Å². The zero-order valence-corrected chi connectivity index (χ0v) is 13.2. The lowest BCUT2D eigenvalue weighted by Crippen LogP contribution is -2.50. The summed E-state index contributed by atoms with van der Waals surface area (Å²) in [4.78, 5) is 0. The highest BCUT2D eigenvalue weighted by Gasteiger charge is 2.31. The number of aliphatic hydroxyl groups excluding tert-OH is 1. The van der Waals surface area contributed by atoms with Crippen molar-refractivity contribution in [2.24, 2.45) is 0 Å². The number of nitrogens with zero attached hydrogens (tertiary/aromatic N) is 2. The first-order chi connectivity index (χ1) is 10.0. The van der Waals surface area contributed by atoms with Crippen LogP contribution in [-0.4, -0.2) is 53.8 Å². The molecule has 1 fully saturated rings. The van der Waals surface area contributed by atoms with Gasteiger partial charge in [0, 0.05) is 24.8 Å². The molecule has 2 heterocycles. The third-order valence-electron chi connectivity index (χ3n) is 3.93. The van der Waals surface area contributed by atoms with Gasteiger partial charge < -0.3 is 5.11 Å². The van der Waals surface area contributed by atoms with Crippen LogP contribution in [0.2, 0.25) is 0 Å². The van der Waals surface area contributed by atoms with Gasteiger partial charge in [-0.2, -0.15) is 17.8 Å². The van der Waals surface area contributed by atoms with Gasteiger partial charge in [0.15, 0.2) is 0 Å². The molecule has 0 bridgehead atoms. The second kappa shape index (κ2) is 7.35. The van der Waals surface area contributed by atoms with E-state index in [-0.39, 0.29) is 12.6 Å². The van der Waals surface area contributed by atoms with Crippen LogP contribution >= 0.6 is 0 Å². The fraction of sp³-hybridized carbons (Fsp3) is 0.769. The van der Waals surface area contributed by atoms with Crippen molar-refractivity contribution in [3.05, 3.63) is 17.5 Å². The molecule has 0 amide bonds. The molecule has 0 radical (unpaired) electrons. The van der Waals surface area contributed by atoms with Crippen molar-refractivity contribution in [2.45, 2.75) is 45.1 Å². The van der Waals surface area contributed by atoms with E-state index in [0.29, 0.717) is 13.1 Å². The Morgan fingerprint density at radius 2 is 2.33 bits per heavy atom. The molecule has 3 N–H and O–H groups in total. The molecule has 1 aliphatic rings. The maximum Gasteiger partial charge on any atom is 0.279 e. The van der Waals surface area contributed by atoms with Gasteiger partial charge in [-0.25, -0.2) is 4.72 Å². The van der Waals surface area contributed by atoms with Gasteiger partial charge in [-0.15, -0.1) is 0 Å². The number of aromatic nitrogens is 2. The van der Waals surface area contributed by atoms with Crippen LogP contribution in [0.25, 0.3) is 0 Å². The van der Waals surface area contributed by atoms with E-state index < -0.39 is 10.2 Å². The van der Waals surface area contributed by atoms with Crippen LogP contribution in [0.3, 0.4) is 0 Å². The van der Waals surface area contributed by atoms with Gasteiger partial charge in [0.25, 0.3) is 10.2 Å². The first-order valence-corrected chi connectivity index (χ1v) is 8.84. The molecule has 1 atom stereocenters. The van der Waals surface area contributed by atoms with Crippen molar-refractivity contribution in [2.75, 3.05) is 19.7 Å². The van der Waals surface area contributed by atoms with Crippen molar-refractivity contribution in [3.8, 4) is 0 Å². The summed E-state index contributed by atoms with van der Waals surface area (Å²) in [5.41, 5.74) is 2.13. The summed E-state index contributed by atoms with van der Waals surface area (Å²) in [7, 11) is -3.50. The molecule has 0 saturated carbocycles. The van der Waals surface area contributed by atoms with Crippen molar-refractivity contribution in [1.29, 1.82) is 0 Å².